The molecule has 212 valence electrons. The van der Waals surface area contributed by atoms with Gasteiger partial charge in [-0.2, -0.15) is 4.80 Å². The Morgan fingerprint density at radius 1 is 1.12 bits per heavy atom. The number of tetrazole rings is 1. The number of rotatable bonds is 11. The Morgan fingerprint density at radius 2 is 1.95 bits per heavy atom. The molecule has 0 aliphatic carbocycles. The zero-order valence-corrected chi connectivity index (χ0v) is 22.7. The first kappa shape index (κ1) is 27.2. The van der Waals surface area contributed by atoms with Crippen LogP contribution in [0.4, 0.5) is 0 Å². The molecule has 3 aromatic rings. The number of ether oxygens (including phenoxy) is 5. The minimum absolute atomic E-state index is 0.0106. The van der Waals surface area contributed by atoms with Crippen LogP contribution < -0.4 is 24.3 Å². The van der Waals surface area contributed by atoms with Gasteiger partial charge in [0.2, 0.25) is 24.4 Å². The van der Waals surface area contributed by atoms with E-state index in [0.717, 1.165) is 18.4 Å². The summed E-state index contributed by atoms with van der Waals surface area (Å²) in [6.45, 7) is 2.88. The summed E-state index contributed by atoms with van der Waals surface area (Å²) >= 11 is 0. The standard InChI is InChI=1S/C27H32N6O7/c1-17(27(35)28-13-20-5-4-10-38-20)32(14-18-6-8-22-24(11-18)40-16-39-22)25(34)15-33-30-26(29-31-33)19-7-9-21(36-2)23(12-19)37-3/h6-9,11-12,17,20H,4-5,10,13-16H2,1-3H3,(H,28,35)/t17-,20-/m0/s1. The fraction of sp³-hybridized carbons (Fsp3) is 0.444. The van der Waals surface area contributed by atoms with E-state index in [4.69, 9.17) is 23.7 Å². The molecule has 13 heteroatoms. The second-order valence-electron chi connectivity index (χ2n) is 9.48. The van der Waals surface area contributed by atoms with Crippen LogP contribution >= 0.6 is 0 Å². The van der Waals surface area contributed by atoms with Crippen molar-refractivity contribution in [2.45, 2.75) is 45.0 Å². The van der Waals surface area contributed by atoms with Crippen molar-refractivity contribution in [3.63, 3.8) is 0 Å². The van der Waals surface area contributed by atoms with E-state index in [0.29, 0.717) is 47.5 Å². The number of fused-ring (bicyclic) bond motifs is 1. The van der Waals surface area contributed by atoms with Gasteiger partial charge in [-0.1, -0.05) is 6.07 Å². The van der Waals surface area contributed by atoms with E-state index in [-0.39, 0.29) is 37.8 Å². The number of carbonyl (C=O) groups is 2. The number of nitrogens with zero attached hydrogens (tertiary/aromatic N) is 5. The SMILES string of the molecule is COc1ccc(-c2nnn(CC(=O)N(Cc3ccc4c(c3)OCO4)[C@@H](C)C(=O)NC[C@@H]3CCCO3)n2)cc1OC. The second-order valence-corrected chi connectivity index (χ2v) is 9.48. The topological polar surface area (TPSA) is 139 Å². The average molecular weight is 553 g/mol. The predicted molar refractivity (Wildman–Crippen MR) is 141 cm³/mol. The van der Waals surface area contributed by atoms with Gasteiger partial charge in [-0.3, -0.25) is 9.59 Å². The van der Waals surface area contributed by atoms with Crippen LogP contribution in [0, 0.1) is 0 Å². The third-order valence-corrected chi connectivity index (χ3v) is 6.86. The van der Waals surface area contributed by atoms with Gasteiger partial charge in [0, 0.05) is 25.3 Å². The maximum absolute atomic E-state index is 13.6. The molecule has 40 heavy (non-hydrogen) atoms. The van der Waals surface area contributed by atoms with Crippen molar-refractivity contribution in [2.24, 2.45) is 0 Å². The lowest BCUT2D eigenvalue weighted by atomic mass is 10.1. The van der Waals surface area contributed by atoms with E-state index in [1.165, 1.54) is 16.8 Å². The van der Waals surface area contributed by atoms with Crippen molar-refractivity contribution in [3.05, 3.63) is 42.0 Å². The first-order valence-corrected chi connectivity index (χ1v) is 13.0. The first-order chi connectivity index (χ1) is 19.4. The Bertz CT molecular complexity index is 1360. The second kappa shape index (κ2) is 12.2. The maximum atomic E-state index is 13.6. The molecule has 2 aliphatic heterocycles. The summed E-state index contributed by atoms with van der Waals surface area (Å²) in [5.41, 5.74) is 1.43. The molecule has 2 aliphatic rings. The van der Waals surface area contributed by atoms with Crippen LogP contribution in [0.15, 0.2) is 36.4 Å². The van der Waals surface area contributed by atoms with Gasteiger partial charge in [0.05, 0.1) is 20.3 Å². The molecule has 1 aromatic heterocycles. The third kappa shape index (κ3) is 6.09. The Hall–Kier alpha value is -4.39. The Kier molecular flexibility index (Phi) is 8.29. The van der Waals surface area contributed by atoms with Crippen molar-refractivity contribution < 1.29 is 33.3 Å². The van der Waals surface area contributed by atoms with Crippen LogP contribution in [0.25, 0.3) is 11.4 Å². The Morgan fingerprint density at radius 3 is 2.73 bits per heavy atom. The number of benzene rings is 2. The summed E-state index contributed by atoms with van der Waals surface area (Å²) in [6.07, 6.45) is 1.86. The van der Waals surface area contributed by atoms with Crippen LogP contribution in [0.5, 0.6) is 23.0 Å². The molecule has 5 rings (SSSR count). The number of aromatic nitrogens is 4. The van der Waals surface area contributed by atoms with Crippen molar-refractivity contribution >= 4 is 11.8 Å². The Balaban J connectivity index is 1.32. The highest BCUT2D eigenvalue weighted by Crippen LogP contribution is 2.33. The van der Waals surface area contributed by atoms with Crippen LogP contribution in [-0.4, -0.2) is 83.2 Å². The number of amides is 2. The lowest BCUT2D eigenvalue weighted by molar-refractivity contribution is -0.141. The summed E-state index contributed by atoms with van der Waals surface area (Å²) in [4.78, 5) is 29.4. The number of hydrogen-bond donors (Lipinski definition) is 1. The lowest BCUT2D eigenvalue weighted by Gasteiger charge is -2.29. The summed E-state index contributed by atoms with van der Waals surface area (Å²) in [7, 11) is 3.09. The van der Waals surface area contributed by atoms with Gasteiger partial charge < -0.3 is 33.9 Å². The van der Waals surface area contributed by atoms with Gasteiger partial charge in [0.15, 0.2) is 23.0 Å². The molecule has 1 saturated heterocycles. The zero-order chi connectivity index (χ0) is 28.1. The van der Waals surface area contributed by atoms with Crippen molar-refractivity contribution in [3.8, 4) is 34.4 Å². The summed E-state index contributed by atoms with van der Waals surface area (Å²) in [5, 5.41) is 15.5. The molecule has 1 fully saturated rings. The summed E-state index contributed by atoms with van der Waals surface area (Å²) in [6, 6.07) is 9.91. The van der Waals surface area contributed by atoms with E-state index in [2.05, 4.69) is 20.7 Å². The van der Waals surface area contributed by atoms with Crippen molar-refractivity contribution in [1.82, 2.24) is 30.4 Å². The van der Waals surface area contributed by atoms with Gasteiger partial charge >= 0.3 is 0 Å². The molecule has 0 bridgehead atoms. The van der Waals surface area contributed by atoms with Gasteiger partial charge in [-0.05, 0) is 60.9 Å². The lowest BCUT2D eigenvalue weighted by Crippen LogP contribution is -2.49. The Labute approximate surface area is 231 Å². The van der Waals surface area contributed by atoms with Crippen LogP contribution in [-0.2, 0) is 27.4 Å². The van der Waals surface area contributed by atoms with E-state index in [9.17, 15) is 9.59 Å². The zero-order valence-electron chi connectivity index (χ0n) is 22.7. The molecule has 1 N–H and O–H groups in total. The van der Waals surface area contributed by atoms with Crippen LogP contribution in [0.2, 0.25) is 0 Å². The van der Waals surface area contributed by atoms with Gasteiger partial charge in [0.25, 0.3) is 0 Å². The number of methoxy groups -OCH3 is 2. The highest BCUT2D eigenvalue weighted by molar-refractivity contribution is 5.87. The molecule has 2 aromatic carbocycles. The van der Waals surface area contributed by atoms with Gasteiger partial charge in [-0.15, -0.1) is 10.2 Å². The van der Waals surface area contributed by atoms with Crippen LogP contribution in [0.3, 0.4) is 0 Å². The number of hydrogen-bond acceptors (Lipinski definition) is 10. The summed E-state index contributed by atoms with van der Waals surface area (Å²) in [5.74, 6) is 2.01. The molecule has 2 atom stereocenters. The fourth-order valence-electron chi connectivity index (χ4n) is 4.60. The predicted octanol–water partition coefficient (Wildman–Crippen LogP) is 1.80. The van der Waals surface area contributed by atoms with Gasteiger partial charge in [0.1, 0.15) is 12.6 Å². The maximum Gasteiger partial charge on any atom is 0.247 e. The molecule has 3 heterocycles. The van der Waals surface area contributed by atoms with Crippen LogP contribution in [0.1, 0.15) is 25.3 Å². The molecular weight excluding hydrogens is 520 g/mol. The molecule has 2 amide bonds. The minimum atomic E-state index is -0.770. The van der Waals surface area contributed by atoms with Crippen molar-refractivity contribution in [1.29, 1.82) is 0 Å². The minimum Gasteiger partial charge on any atom is -0.493 e. The molecule has 0 radical (unpaired) electrons. The van der Waals surface area contributed by atoms with Gasteiger partial charge in [-0.25, -0.2) is 0 Å². The normalized spacial score (nSPS) is 16.4. The third-order valence-electron chi connectivity index (χ3n) is 6.86. The highest BCUT2D eigenvalue weighted by Gasteiger charge is 2.28. The van der Waals surface area contributed by atoms with E-state index in [1.807, 2.05) is 12.1 Å². The average Bonchev–Trinajstić information content (AvgIpc) is 3.76. The number of carbonyl (C=O) groups excluding carboxylic acids is 2. The quantitative estimate of drug-likeness (QED) is 0.375. The summed E-state index contributed by atoms with van der Waals surface area (Å²) < 4.78 is 27.1. The molecule has 0 saturated carbocycles. The van der Waals surface area contributed by atoms with E-state index >= 15 is 0 Å². The fourth-order valence-corrected chi connectivity index (χ4v) is 4.60. The smallest absolute Gasteiger partial charge is 0.247 e. The monoisotopic (exact) mass is 552 g/mol. The first-order valence-electron chi connectivity index (χ1n) is 13.0. The largest absolute Gasteiger partial charge is 0.493 e. The molecule has 0 unspecified atom stereocenters. The van der Waals surface area contributed by atoms with E-state index in [1.54, 1.807) is 38.3 Å². The highest BCUT2D eigenvalue weighted by atomic mass is 16.7. The molecule has 0 spiro atoms. The molecular formula is C27H32N6O7. The van der Waals surface area contributed by atoms with E-state index < -0.39 is 6.04 Å². The van der Waals surface area contributed by atoms with Crippen molar-refractivity contribution in [2.75, 3.05) is 34.2 Å². The number of nitrogens with one attached hydrogen (secondary N) is 1. The molecule has 13 nitrogen and oxygen atoms in total.